The van der Waals surface area contributed by atoms with Gasteiger partial charge in [-0.15, -0.1) is 0 Å². The summed E-state index contributed by atoms with van der Waals surface area (Å²) in [5.74, 6) is 0.781. The van der Waals surface area contributed by atoms with Crippen LogP contribution in [0.1, 0.15) is 46.0 Å². The average molecular weight is 242 g/mol. The standard InChI is InChI=1S/C14H30N2O/c1-5-14(10-15,11-17-4)16(3)13-9-7-6-8-12(13)2/h12-13H,5-11,15H2,1-4H3. The quantitative estimate of drug-likeness (QED) is 0.776. The largest absolute Gasteiger partial charge is 0.383 e. The molecule has 0 amide bonds. The Labute approximate surface area is 107 Å². The maximum atomic E-state index is 6.04. The fraction of sp³-hybridized carbons (Fsp3) is 1.00. The van der Waals surface area contributed by atoms with E-state index in [2.05, 4.69) is 25.8 Å². The number of likely N-dealkylation sites (N-methyl/N-ethyl adjacent to an activating group) is 1. The Morgan fingerprint density at radius 1 is 1.35 bits per heavy atom. The van der Waals surface area contributed by atoms with Gasteiger partial charge in [-0.25, -0.2) is 0 Å². The van der Waals surface area contributed by atoms with Gasteiger partial charge in [-0.3, -0.25) is 4.90 Å². The van der Waals surface area contributed by atoms with Crippen molar-refractivity contribution in [2.75, 3.05) is 27.3 Å². The summed E-state index contributed by atoms with van der Waals surface area (Å²) >= 11 is 0. The zero-order valence-electron chi connectivity index (χ0n) is 12.0. The number of ether oxygens (including phenoxy) is 1. The maximum Gasteiger partial charge on any atom is 0.0658 e. The van der Waals surface area contributed by atoms with Gasteiger partial charge in [-0.1, -0.05) is 26.7 Å². The van der Waals surface area contributed by atoms with Crippen molar-refractivity contribution >= 4 is 0 Å². The molecular formula is C14H30N2O. The topological polar surface area (TPSA) is 38.5 Å². The lowest BCUT2D eigenvalue weighted by Gasteiger charge is -2.48. The van der Waals surface area contributed by atoms with Crippen molar-refractivity contribution in [1.29, 1.82) is 0 Å². The Balaban J connectivity index is 2.78. The number of rotatable bonds is 6. The number of methoxy groups -OCH3 is 1. The van der Waals surface area contributed by atoms with Gasteiger partial charge in [0.05, 0.1) is 12.1 Å². The molecule has 1 fully saturated rings. The fourth-order valence-electron chi connectivity index (χ4n) is 3.29. The van der Waals surface area contributed by atoms with Gasteiger partial charge in [0.1, 0.15) is 0 Å². The zero-order valence-corrected chi connectivity index (χ0v) is 12.0. The van der Waals surface area contributed by atoms with Gasteiger partial charge in [0.15, 0.2) is 0 Å². The van der Waals surface area contributed by atoms with Gasteiger partial charge in [0.25, 0.3) is 0 Å². The second-order valence-corrected chi connectivity index (χ2v) is 5.66. The molecule has 0 bridgehead atoms. The Morgan fingerprint density at radius 3 is 2.47 bits per heavy atom. The predicted octanol–water partition coefficient (Wildman–Crippen LogP) is 2.25. The van der Waals surface area contributed by atoms with Crippen LogP contribution in [0.2, 0.25) is 0 Å². The molecule has 0 spiro atoms. The molecule has 3 nitrogen and oxygen atoms in total. The van der Waals surface area contributed by atoms with Gasteiger partial charge in [-0.05, 0) is 32.2 Å². The Morgan fingerprint density at radius 2 is 2.00 bits per heavy atom. The molecule has 1 aliphatic rings. The molecule has 0 heterocycles. The Kier molecular flexibility index (Phi) is 5.90. The molecule has 17 heavy (non-hydrogen) atoms. The van der Waals surface area contributed by atoms with E-state index in [4.69, 9.17) is 10.5 Å². The summed E-state index contributed by atoms with van der Waals surface area (Å²) in [5, 5.41) is 0. The lowest BCUT2D eigenvalue weighted by atomic mass is 9.81. The second-order valence-electron chi connectivity index (χ2n) is 5.66. The van der Waals surface area contributed by atoms with E-state index < -0.39 is 0 Å². The third-order valence-corrected chi connectivity index (χ3v) is 4.76. The summed E-state index contributed by atoms with van der Waals surface area (Å²) < 4.78 is 5.41. The minimum Gasteiger partial charge on any atom is -0.383 e. The van der Waals surface area contributed by atoms with E-state index in [0.717, 1.165) is 18.9 Å². The fourth-order valence-corrected chi connectivity index (χ4v) is 3.29. The molecule has 3 atom stereocenters. The molecule has 0 aromatic carbocycles. The van der Waals surface area contributed by atoms with Crippen molar-refractivity contribution < 1.29 is 4.74 Å². The first-order chi connectivity index (χ1) is 8.11. The van der Waals surface area contributed by atoms with Crippen molar-refractivity contribution in [3.05, 3.63) is 0 Å². The van der Waals surface area contributed by atoms with Crippen LogP contribution in [0.25, 0.3) is 0 Å². The van der Waals surface area contributed by atoms with E-state index in [-0.39, 0.29) is 5.54 Å². The first kappa shape index (κ1) is 14.9. The molecule has 1 aliphatic carbocycles. The van der Waals surface area contributed by atoms with Crippen LogP contribution < -0.4 is 5.73 Å². The van der Waals surface area contributed by atoms with Crippen LogP contribution in [-0.4, -0.2) is 43.8 Å². The number of nitrogens with zero attached hydrogens (tertiary/aromatic N) is 1. The Bertz CT molecular complexity index is 216. The van der Waals surface area contributed by atoms with E-state index in [0.29, 0.717) is 12.6 Å². The van der Waals surface area contributed by atoms with Crippen molar-refractivity contribution in [3.8, 4) is 0 Å². The molecule has 3 unspecified atom stereocenters. The highest BCUT2D eigenvalue weighted by molar-refractivity contribution is 4.94. The lowest BCUT2D eigenvalue weighted by molar-refractivity contribution is -0.0209. The number of hydrogen-bond acceptors (Lipinski definition) is 3. The highest BCUT2D eigenvalue weighted by Crippen LogP contribution is 2.32. The molecule has 0 aromatic rings. The SMILES string of the molecule is CCC(CN)(COC)N(C)C1CCCCC1C. The van der Waals surface area contributed by atoms with E-state index in [1.807, 2.05) is 0 Å². The minimum atomic E-state index is 0.0189. The summed E-state index contributed by atoms with van der Waals surface area (Å²) in [6.45, 7) is 6.01. The summed E-state index contributed by atoms with van der Waals surface area (Å²) in [4.78, 5) is 2.51. The molecule has 0 aromatic heterocycles. The zero-order chi connectivity index (χ0) is 12.9. The van der Waals surface area contributed by atoms with Crippen LogP contribution in [0, 0.1) is 5.92 Å². The number of hydrogen-bond donors (Lipinski definition) is 1. The van der Waals surface area contributed by atoms with Gasteiger partial charge < -0.3 is 10.5 Å². The third-order valence-electron chi connectivity index (χ3n) is 4.76. The monoisotopic (exact) mass is 242 g/mol. The van der Waals surface area contributed by atoms with E-state index in [1.165, 1.54) is 25.7 Å². The van der Waals surface area contributed by atoms with Crippen molar-refractivity contribution in [3.63, 3.8) is 0 Å². The number of nitrogens with two attached hydrogens (primary N) is 1. The normalized spacial score (nSPS) is 29.3. The molecule has 0 saturated heterocycles. The van der Waals surface area contributed by atoms with Crippen molar-refractivity contribution in [2.24, 2.45) is 11.7 Å². The van der Waals surface area contributed by atoms with Gasteiger partial charge >= 0.3 is 0 Å². The molecule has 102 valence electrons. The molecule has 3 heteroatoms. The van der Waals surface area contributed by atoms with Gasteiger partial charge in [0.2, 0.25) is 0 Å². The molecule has 1 rings (SSSR count). The van der Waals surface area contributed by atoms with Gasteiger partial charge in [0, 0.05) is 19.7 Å². The van der Waals surface area contributed by atoms with Gasteiger partial charge in [-0.2, -0.15) is 0 Å². The van der Waals surface area contributed by atoms with Crippen LogP contribution in [-0.2, 0) is 4.74 Å². The smallest absolute Gasteiger partial charge is 0.0658 e. The van der Waals surface area contributed by atoms with Crippen LogP contribution in [0.4, 0.5) is 0 Å². The molecule has 0 aliphatic heterocycles. The minimum absolute atomic E-state index is 0.0189. The summed E-state index contributed by atoms with van der Waals surface area (Å²) in [7, 11) is 4.01. The van der Waals surface area contributed by atoms with Crippen molar-refractivity contribution in [1.82, 2.24) is 4.90 Å². The highest BCUT2D eigenvalue weighted by atomic mass is 16.5. The predicted molar refractivity (Wildman–Crippen MR) is 73.1 cm³/mol. The van der Waals surface area contributed by atoms with Crippen LogP contribution in [0.3, 0.4) is 0 Å². The molecule has 0 radical (unpaired) electrons. The summed E-state index contributed by atoms with van der Waals surface area (Å²) in [5.41, 5.74) is 6.05. The first-order valence-electron chi connectivity index (χ1n) is 7.03. The lowest BCUT2D eigenvalue weighted by Crippen LogP contribution is -2.60. The van der Waals surface area contributed by atoms with E-state index in [1.54, 1.807) is 7.11 Å². The maximum absolute atomic E-state index is 6.04. The molecule has 2 N–H and O–H groups in total. The van der Waals surface area contributed by atoms with Crippen LogP contribution in [0.15, 0.2) is 0 Å². The first-order valence-corrected chi connectivity index (χ1v) is 7.03. The highest BCUT2D eigenvalue weighted by Gasteiger charge is 2.38. The summed E-state index contributed by atoms with van der Waals surface area (Å²) in [6.07, 6.45) is 6.46. The van der Waals surface area contributed by atoms with E-state index >= 15 is 0 Å². The van der Waals surface area contributed by atoms with Crippen LogP contribution in [0.5, 0.6) is 0 Å². The van der Waals surface area contributed by atoms with Crippen molar-refractivity contribution in [2.45, 2.75) is 57.5 Å². The molecular weight excluding hydrogens is 212 g/mol. The Hall–Kier alpha value is -0.120. The van der Waals surface area contributed by atoms with E-state index in [9.17, 15) is 0 Å². The summed E-state index contributed by atoms with van der Waals surface area (Å²) in [6, 6.07) is 0.669. The molecule has 1 saturated carbocycles. The van der Waals surface area contributed by atoms with Crippen LogP contribution >= 0.6 is 0 Å². The third kappa shape index (κ3) is 3.21. The average Bonchev–Trinajstić information content (AvgIpc) is 2.36. The second kappa shape index (κ2) is 6.72.